The first-order chi connectivity index (χ1) is 22.8. The smallest absolute Gasteiger partial charge is 0.240 e. The number of rotatable bonds is 5. The highest BCUT2D eigenvalue weighted by Crippen LogP contribution is 2.57. The maximum Gasteiger partial charge on any atom is 0.240 e. The van der Waals surface area contributed by atoms with E-state index in [1.54, 1.807) is 13.1 Å². The van der Waals surface area contributed by atoms with Crippen LogP contribution >= 0.6 is 0 Å². The number of Topliss-reactive ketones (excluding diaryl/α,β-unsaturated/α-hetero) is 1. The lowest BCUT2D eigenvalue weighted by molar-refractivity contribution is -0.140. The van der Waals surface area contributed by atoms with Crippen LogP contribution in [0.2, 0.25) is 0 Å². The number of ether oxygens (including phenoxy) is 2. The summed E-state index contributed by atoms with van der Waals surface area (Å²) in [7, 11) is -3.89. The number of aromatic nitrogens is 1. The number of sulfonamides is 1. The quantitative estimate of drug-likeness (QED) is 0.449. The van der Waals surface area contributed by atoms with Gasteiger partial charge in [-0.1, -0.05) is 32.1 Å². The fourth-order valence-corrected chi connectivity index (χ4v) is 9.22. The summed E-state index contributed by atoms with van der Waals surface area (Å²) in [6, 6.07) is 4.19. The van der Waals surface area contributed by atoms with E-state index >= 15 is 0 Å². The van der Waals surface area contributed by atoms with Crippen molar-refractivity contribution in [2.75, 3.05) is 13.2 Å². The Morgan fingerprint density at radius 2 is 1.94 bits per heavy atom. The number of nitrogens with zero attached hydrogens (tertiary/aromatic N) is 2. The lowest BCUT2D eigenvalue weighted by Gasteiger charge is -2.30. The Morgan fingerprint density at radius 1 is 1.15 bits per heavy atom. The molecule has 7 rings (SSSR count). The SMILES string of the molecule is CC1CC/C=C\[C@@H]2C[C@@]2(C(=O)NS(=O)(=O)C2(C)CC2)CC(=O)[C@@H]2C[C@@H](Oc3nccc4c5c(ccc34)CCO5)CN2C(=O)[C@@H](N)[C@H](C)C1. The summed E-state index contributed by atoms with van der Waals surface area (Å²) >= 11 is 0. The van der Waals surface area contributed by atoms with Crippen molar-refractivity contribution in [2.45, 2.75) is 101 Å². The minimum atomic E-state index is -3.89. The normalized spacial score (nSPS) is 33.8. The van der Waals surface area contributed by atoms with Crippen LogP contribution in [0.25, 0.3) is 10.8 Å². The molecular weight excluding hydrogens is 632 g/mol. The van der Waals surface area contributed by atoms with Crippen molar-refractivity contribution in [3.63, 3.8) is 0 Å². The molecule has 1 saturated heterocycles. The van der Waals surface area contributed by atoms with E-state index in [2.05, 4.69) is 16.6 Å². The van der Waals surface area contributed by atoms with Crippen molar-refractivity contribution in [1.82, 2.24) is 14.6 Å². The maximum absolute atomic E-state index is 14.3. The zero-order valence-electron chi connectivity index (χ0n) is 27.9. The first-order valence-corrected chi connectivity index (χ1v) is 18.8. The van der Waals surface area contributed by atoms with Crippen LogP contribution in [0.4, 0.5) is 0 Å². The Kier molecular flexibility index (Phi) is 8.33. The third-order valence-electron chi connectivity index (χ3n) is 11.5. The molecule has 5 aliphatic rings. The molecule has 2 saturated carbocycles. The zero-order chi connectivity index (χ0) is 34.0. The topological polar surface area (TPSA) is 158 Å². The van der Waals surface area contributed by atoms with Crippen molar-refractivity contribution < 1.29 is 32.3 Å². The summed E-state index contributed by atoms with van der Waals surface area (Å²) in [4.78, 5) is 48.2. The van der Waals surface area contributed by atoms with Crippen LogP contribution in [-0.4, -0.2) is 72.0 Å². The molecule has 1 unspecified atom stereocenters. The summed E-state index contributed by atoms with van der Waals surface area (Å²) in [6.45, 7) is 6.51. The Hall–Kier alpha value is -3.51. The Bertz CT molecular complexity index is 1790. The van der Waals surface area contributed by atoms with Gasteiger partial charge < -0.3 is 20.1 Å². The number of nitrogens with one attached hydrogen (secondary N) is 1. The molecule has 2 aromatic rings. The van der Waals surface area contributed by atoms with Crippen LogP contribution in [-0.2, 0) is 30.8 Å². The second-order valence-electron chi connectivity index (χ2n) is 15.2. The van der Waals surface area contributed by atoms with Crippen molar-refractivity contribution in [3.8, 4) is 11.6 Å². The average Bonchev–Trinajstić information content (AvgIpc) is 3.82. The van der Waals surface area contributed by atoms with E-state index in [9.17, 15) is 22.8 Å². The molecule has 48 heavy (non-hydrogen) atoms. The number of nitrogens with two attached hydrogens (primary N) is 1. The van der Waals surface area contributed by atoms with E-state index in [4.69, 9.17) is 15.2 Å². The van der Waals surface area contributed by atoms with Gasteiger partial charge >= 0.3 is 0 Å². The molecular formula is C36H46N4O7S. The monoisotopic (exact) mass is 678 g/mol. The average molecular weight is 679 g/mol. The number of pyridine rings is 1. The summed E-state index contributed by atoms with van der Waals surface area (Å²) in [6.07, 6.45) is 9.75. The molecule has 2 amide bonds. The third-order valence-corrected chi connectivity index (χ3v) is 13.7. The summed E-state index contributed by atoms with van der Waals surface area (Å²) in [5, 5.41) is 1.68. The van der Waals surface area contributed by atoms with Crippen LogP contribution in [0.3, 0.4) is 0 Å². The van der Waals surface area contributed by atoms with E-state index in [0.29, 0.717) is 37.7 Å². The largest absolute Gasteiger partial charge is 0.492 e. The van der Waals surface area contributed by atoms with Gasteiger partial charge in [0.2, 0.25) is 27.7 Å². The number of ketones is 1. The molecule has 11 nitrogen and oxygen atoms in total. The van der Waals surface area contributed by atoms with Gasteiger partial charge in [-0.3, -0.25) is 19.1 Å². The van der Waals surface area contributed by atoms with Crippen LogP contribution in [0.5, 0.6) is 11.6 Å². The molecule has 1 aromatic heterocycles. The van der Waals surface area contributed by atoms with Crippen LogP contribution in [0, 0.1) is 23.2 Å². The number of fused-ring (bicyclic) bond motifs is 5. The van der Waals surface area contributed by atoms with Gasteiger partial charge in [0, 0.05) is 36.2 Å². The first kappa shape index (κ1) is 33.0. The summed E-state index contributed by atoms with van der Waals surface area (Å²) in [5.41, 5.74) is 6.54. The molecule has 4 heterocycles. The van der Waals surface area contributed by atoms with Gasteiger partial charge in [-0.05, 0) is 80.9 Å². The van der Waals surface area contributed by atoms with Gasteiger partial charge in [-0.25, -0.2) is 13.4 Å². The first-order valence-electron chi connectivity index (χ1n) is 17.3. The van der Waals surface area contributed by atoms with Gasteiger partial charge in [0.1, 0.15) is 11.9 Å². The van der Waals surface area contributed by atoms with Gasteiger partial charge in [0.15, 0.2) is 5.78 Å². The van der Waals surface area contributed by atoms with Gasteiger partial charge in [-0.15, -0.1) is 0 Å². The minimum Gasteiger partial charge on any atom is -0.492 e. The van der Waals surface area contributed by atoms with Crippen molar-refractivity contribution in [3.05, 3.63) is 42.1 Å². The van der Waals surface area contributed by atoms with Gasteiger partial charge in [0.25, 0.3) is 0 Å². The van der Waals surface area contributed by atoms with Crippen molar-refractivity contribution in [2.24, 2.45) is 28.9 Å². The van der Waals surface area contributed by atoms with E-state index < -0.39 is 44.3 Å². The molecule has 12 heteroatoms. The standard InChI is InChI=1S/C36H46N4O7S/c1-21-6-4-5-7-24-18-36(24,34(43)39-48(44,45)35(3)12-13-35)19-29(41)28-17-25(20-40(28)33(42)30(37)22(2)16-21)47-32-27-9-8-23-11-15-46-31(23)26(27)10-14-38-32/h5,7-10,14,21-22,24-25,28,30H,4,6,11-13,15-20,37H2,1-3H3,(H,39,43)/b7-5-/t21?,22-,24-,25-,28+,30+,36-/m1/s1. The lowest BCUT2D eigenvalue weighted by Crippen LogP contribution is -2.52. The van der Waals surface area contributed by atoms with E-state index in [-0.39, 0.29) is 42.9 Å². The Labute approximate surface area is 282 Å². The highest BCUT2D eigenvalue weighted by atomic mass is 32.2. The van der Waals surface area contributed by atoms with Crippen LogP contribution in [0.1, 0.15) is 77.7 Å². The molecule has 1 aromatic carbocycles. The number of carbonyl (C=O) groups is 3. The number of benzene rings is 1. The molecule has 258 valence electrons. The number of allylic oxidation sites excluding steroid dienone is 2. The second-order valence-corrected chi connectivity index (χ2v) is 17.4. The molecule has 0 radical (unpaired) electrons. The minimum absolute atomic E-state index is 0.112. The lowest BCUT2D eigenvalue weighted by atomic mass is 9.88. The van der Waals surface area contributed by atoms with E-state index in [0.717, 1.165) is 47.8 Å². The molecule has 3 fully saturated rings. The molecule has 3 aliphatic heterocycles. The van der Waals surface area contributed by atoms with Crippen LogP contribution < -0.4 is 19.9 Å². The van der Waals surface area contributed by atoms with E-state index in [1.165, 1.54) is 4.90 Å². The highest BCUT2D eigenvalue weighted by molar-refractivity contribution is 7.91. The fraction of sp³-hybridized carbons (Fsp3) is 0.611. The predicted molar refractivity (Wildman–Crippen MR) is 180 cm³/mol. The van der Waals surface area contributed by atoms with Crippen molar-refractivity contribution in [1.29, 1.82) is 0 Å². The molecule has 7 atom stereocenters. The molecule has 0 bridgehead atoms. The second kappa shape index (κ2) is 12.1. The summed E-state index contributed by atoms with van der Waals surface area (Å²) in [5.74, 6) is -0.111. The van der Waals surface area contributed by atoms with Crippen molar-refractivity contribution >= 4 is 38.4 Å². The zero-order valence-corrected chi connectivity index (χ0v) is 28.8. The van der Waals surface area contributed by atoms with E-state index in [1.807, 2.05) is 37.3 Å². The van der Waals surface area contributed by atoms with Crippen LogP contribution in [0.15, 0.2) is 36.5 Å². The fourth-order valence-electron chi connectivity index (χ4n) is 7.89. The van der Waals surface area contributed by atoms with Gasteiger partial charge in [0.05, 0.1) is 35.4 Å². The maximum atomic E-state index is 14.3. The number of hydrogen-bond acceptors (Lipinski definition) is 9. The molecule has 3 N–H and O–H groups in total. The Morgan fingerprint density at radius 3 is 2.71 bits per heavy atom. The number of amides is 2. The Balaban J connectivity index is 1.18. The molecule has 0 spiro atoms. The highest BCUT2D eigenvalue weighted by Gasteiger charge is 2.62. The van der Waals surface area contributed by atoms with Gasteiger partial charge in [-0.2, -0.15) is 0 Å². The predicted octanol–water partition coefficient (Wildman–Crippen LogP) is 3.82. The number of hydrogen-bond donors (Lipinski definition) is 2. The third kappa shape index (κ3) is 5.88. The molecule has 2 aliphatic carbocycles. The summed E-state index contributed by atoms with van der Waals surface area (Å²) < 4.78 is 39.9. The number of carbonyl (C=O) groups excluding carboxylic acids is 3.